The molecule has 124 valence electrons. The maximum Gasteiger partial charge on any atom is 0.262 e. The Kier molecular flexibility index (Phi) is 4.76. The van der Waals surface area contributed by atoms with Gasteiger partial charge in [0.25, 0.3) is 5.56 Å². The fourth-order valence-electron chi connectivity index (χ4n) is 2.45. The van der Waals surface area contributed by atoms with Crippen molar-refractivity contribution in [1.82, 2.24) is 9.55 Å². The zero-order chi connectivity index (χ0) is 17.1. The highest BCUT2D eigenvalue weighted by Gasteiger charge is 2.08. The van der Waals surface area contributed by atoms with Crippen LogP contribution < -0.4 is 10.9 Å². The van der Waals surface area contributed by atoms with Crippen LogP contribution in [0.1, 0.15) is 31.7 Å². The van der Waals surface area contributed by atoms with Gasteiger partial charge in [0, 0.05) is 18.7 Å². The molecular weight excluding hydrogens is 322 g/mol. The topological polar surface area (TPSA) is 64.0 Å². The molecule has 5 nitrogen and oxygen atoms in total. The van der Waals surface area contributed by atoms with Crippen LogP contribution in [0.5, 0.6) is 0 Å². The summed E-state index contributed by atoms with van der Waals surface area (Å²) in [5.74, 6) is 0.339. The van der Waals surface area contributed by atoms with E-state index in [9.17, 15) is 9.59 Å². The fraction of sp³-hybridized carbons (Fsp3) is 0.278. The van der Waals surface area contributed by atoms with Crippen molar-refractivity contribution in [1.29, 1.82) is 0 Å². The molecule has 0 atom stereocenters. The second-order valence-corrected chi connectivity index (χ2v) is 6.85. The summed E-state index contributed by atoms with van der Waals surface area (Å²) in [7, 11) is 0. The molecule has 0 aliphatic heterocycles. The number of nitrogens with one attached hydrogen (secondary N) is 1. The lowest BCUT2D eigenvalue weighted by Crippen LogP contribution is -2.23. The van der Waals surface area contributed by atoms with Gasteiger partial charge in [0.1, 0.15) is 4.83 Å². The summed E-state index contributed by atoms with van der Waals surface area (Å²) in [6.07, 6.45) is 1.73. The van der Waals surface area contributed by atoms with Gasteiger partial charge in [-0.15, -0.1) is 11.3 Å². The lowest BCUT2D eigenvalue weighted by atomic mass is 10.0. The molecule has 3 rings (SSSR count). The van der Waals surface area contributed by atoms with Crippen LogP contribution >= 0.6 is 11.3 Å². The van der Waals surface area contributed by atoms with E-state index in [0.717, 1.165) is 10.5 Å². The van der Waals surface area contributed by atoms with Gasteiger partial charge in [0.05, 0.1) is 11.7 Å². The smallest absolute Gasteiger partial charge is 0.262 e. The highest BCUT2D eigenvalue weighted by atomic mass is 32.1. The fourth-order valence-corrected chi connectivity index (χ4v) is 3.17. The molecular formula is C18H19N3O2S. The zero-order valence-electron chi connectivity index (χ0n) is 13.7. The Morgan fingerprint density at radius 1 is 1.25 bits per heavy atom. The quantitative estimate of drug-likeness (QED) is 0.771. The maximum absolute atomic E-state index is 12.3. The molecule has 1 amide bonds. The van der Waals surface area contributed by atoms with E-state index in [1.165, 1.54) is 27.8 Å². The number of hydrogen-bond acceptors (Lipinski definition) is 4. The first-order valence-electron chi connectivity index (χ1n) is 7.87. The summed E-state index contributed by atoms with van der Waals surface area (Å²) < 4.78 is 1.48. The molecule has 0 aliphatic rings. The van der Waals surface area contributed by atoms with E-state index >= 15 is 0 Å². The minimum atomic E-state index is -0.121. The van der Waals surface area contributed by atoms with E-state index in [0.29, 0.717) is 17.8 Å². The number of carbonyl (C=O) groups excluding carboxylic acids is 1. The number of aromatic nitrogens is 2. The summed E-state index contributed by atoms with van der Waals surface area (Å²) >= 11 is 1.44. The van der Waals surface area contributed by atoms with Crippen molar-refractivity contribution < 1.29 is 4.79 Å². The number of thiophene rings is 1. The highest BCUT2D eigenvalue weighted by molar-refractivity contribution is 7.16. The van der Waals surface area contributed by atoms with Crippen molar-refractivity contribution >= 4 is 33.1 Å². The standard InChI is InChI=1S/C18H19N3O2S/c1-12(2)13-3-5-14(6-4-13)20-16(22)7-9-21-11-19-17-15(18(21)23)8-10-24-17/h3-6,8,10-12H,7,9H2,1-2H3,(H,20,22). The number of hydrogen-bond donors (Lipinski definition) is 1. The number of nitrogens with zero attached hydrogens (tertiary/aromatic N) is 2. The number of fused-ring (bicyclic) bond motifs is 1. The minimum Gasteiger partial charge on any atom is -0.326 e. The van der Waals surface area contributed by atoms with E-state index in [2.05, 4.69) is 24.1 Å². The maximum atomic E-state index is 12.3. The first kappa shape index (κ1) is 16.4. The summed E-state index contributed by atoms with van der Waals surface area (Å²) in [4.78, 5) is 29.3. The second kappa shape index (κ2) is 6.97. The van der Waals surface area contributed by atoms with Crippen LogP contribution in [0.4, 0.5) is 5.69 Å². The Morgan fingerprint density at radius 2 is 2.00 bits per heavy atom. The normalized spacial score (nSPS) is 11.1. The van der Waals surface area contributed by atoms with Gasteiger partial charge in [0.2, 0.25) is 5.91 Å². The van der Waals surface area contributed by atoms with Crippen LogP contribution in [0.15, 0.2) is 46.8 Å². The number of aryl methyl sites for hydroxylation is 1. The van der Waals surface area contributed by atoms with E-state index in [1.54, 1.807) is 6.07 Å². The van der Waals surface area contributed by atoms with Crippen molar-refractivity contribution in [3.8, 4) is 0 Å². The molecule has 0 saturated heterocycles. The Hall–Kier alpha value is -2.47. The van der Waals surface area contributed by atoms with Gasteiger partial charge in [-0.1, -0.05) is 26.0 Å². The monoisotopic (exact) mass is 341 g/mol. The molecule has 3 aromatic rings. The van der Waals surface area contributed by atoms with Gasteiger partial charge < -0.3 is 5.32 Å². The highest BCUT2D eigenvalue weighted by Crippen LogP contribution is 2.17. The van der Waals surface area contributed by atoms with Crippen molar-refractivity contribution in [3.05, 3.63) is 58.0 Å². The van der Waals surface area contributed by atoms with Crippen LogP contribution in [0.3, 0.4) is 0 Å². The van der Waals surface area contributed by atoms with Gasteiger partial charge >= 0.3 is 0 Å². The first-order valence-corrected chi connectivity index (χ1v) is 8.75. The number of anilines is 1. The largest absolute Gasteiger partial charge is 0.326 e. The van der Waals surface area contributed by atoms with Crippen LogP contribution in [-0.4, -0.2) is 15.5 Å². The van der Waals surface area contributed by atoms with E-state index in [1.807, 2.05) is 29.6 Å². The molecule has 24 heavy (non-hydrogen) atoms. The predicted molar refractivity (Wildman–Crippen MR) is 97.7 cm³/mol. The molecule has 6 heteroatoms. The van der Waals surface area contributed by atoms with Gasteiger partial charge in [-0.3, -0.25) is 14.2 Å². The summed E-state index contributed by atoms with van der Waals surface area (Å²) in [5, 5.41) is 5.31. The number of carbonyl (C=O) groups is 1. The SMILES string of the molecule is CC(C)c1ccc(NC(=O)CCn2cnc3sccc3c2=O)cc1. The van der Waals surface area contributed by atoms with E-state index in [4.69, 9.17) is 0 Å². The molecule has 0 aliphatic carbocycles. The molecule has 0 radical (unpaired) electrons. The van der Waals surface area contributed by atoms with Gasteiger partial charge in [-0.05, 0) is 35.1 Å². The van der Waals surface area contributed by atoms with Crippen molar-refractivity contribution in [3.63, 3.8) is 0 Å². The lowest BCUT2D eigenvalue weighted by molar-refractivity contribution is -0.116. The van der Waals surface area contributed by atoms with Crippen LogP contribution in [-0.2, 0) is 11.3 Å². The van der Waals surface area contributed by atoms with E-state index in [-0.39, 0.29) is 17.9 Å². The Balaban J connectivity index is 1.62. The molecule has 0 fully saturated rings. The van der Waals surface area contributed by atoms with Crippen molar-refractivity contribution in [2.45, 2.75) is 32.7 Å². The van der Waals surface area contributed by atoms with Gasteiger partial charge in [0.15, 0.2) is 0 Å². The Labute approximate surface area is 144 Å². The molecule has 0 unspecified atom stereocenters. The molecule has 2 heterocycles. The van der Waals surface area contributed by atoms with Crippen LogP contribution in [0, 0.1) is 0 Å². The molecule has 1 aromatic carbocycles. The summed E-state index contributed by atoms with van der Waals surface area (Å²) in [5.41, 5.74) is 1.90. The predicted octanol–water partition coefficient (Wildman–Crippen LogP) is 3.61. The number of benzene rings is 1. The van der Waals surface area contributed by atoms with E-state index < -0.39 is 0 Å². The summed E-state index contributed by atoms with van der Waals surface area (Å²) in [6, 6.07) is 9.59. The first-order chi connectivity index (χ1) is 11.5. The third kappa shape index (κ3) is 3.54. The molecule has 1 N–H and O–H groups in total. The van der Waals surface area contributed by atoms with Crippen LogP contribution in [0.2, 0.25) is 0 Å². The third-order valence-electron chi connectivity index (χ3n) is 3.89. The third-order valence-corrected chi connectivity index (χ3v) is 4.71. The molecule has 2 aromatic heterocycles. The molecule has 0 saturated carbocycles. The van der Waals surface area contributed by atoms with Crippen molar-refractivity contribution in [2.75, 3.05) is 5.32 Å². The minimum absolute atomic E-state index is 0.102. The van der Waals surface area contributed by atoms with Gasteiger partial charge in [-0.2, -0.15) is 0 Å². The zero-order valence-corrected chi connectivity index (χ0v) is 14.5. The average molecular weight is 341 g/mol. The molecule has 0 spiro atoms. The van der Waals surface area contributed by atoms with Crippen molar-refractivity contribution in [2.24, 2.45) is 0 Å². The Bertz CT molecular complexity index is 910. The number of rotatable bonds is 5. The van der Waals surface area contributed by atoms with Crippen LogP contribution in [0.25, 0.3) is 10.2 Å². The van der Waals surface area contributed by atoms with Gasteiger partial charge in [-0.25, -0.2) is 4.98 Å². The second-order valence-electron chi connectivity index (χ2n) is 5.96. The average Bonchev–Trinajstić information content (AvgIpc) is 3.04. The number of amides is 1. The Morgan fingerprint density at radius 3 is 2.71 bits per heavy atom. The summed E-state index contributed by atoms with van der Waals surface area (Å²) in [6.45, 7) is 4.57. The molecule has 0 bridgehead atoms. The lowest BCUT2D eigenvalue weighted by Gasteiger charge is -2.09.